The maximum atomic E-state index is 14.6. The van der Waals surface area contributed by atoms with Crippen molar-refractivity contribution in [2.75, 3.05) is 58.1 Å². The Morgan fingerprint density at radius 3 is 2.54 bits per heavy atom. The number of morpholine rings is 1. The molecule has 1 aromatic carbocycles. The van der Waals surface area contributed by atoms with Gasteiger partial charge in [-0.25, -0.2) is 13.2 Å². The fourth-order valence-corrected chi connectivity index (χ4v) is 8.89. The molecular formula is C39H52N6O11S. The minimum absolute atomic E-state index is 0.0134. The molecule has 7 rings (SSSR count). The average molecular weight is 813 g/mol. The van der Waals surface area contributed by atoms with Crippen LogP contribution >= 0.6 is 0 Å². The maximum absolute atomic E-state index is 14.6. The van der Waals surface area contributed by atoms with Gasteiger partial charge in [0.15, 0.2) is 0 Å². The van der Waals surface area contributed by atoms with Crippen molar-refractivity contribution in [3.8, 4) is 11.6 Å². The van der Waals surface area contributed by atoms with Crippen molar-refractivity contribution in [3.05, 3.63) is 36.4 Å². The number of nitrogens with one attached hydrogen (secondary N) is 3. The highest BCUT2D eigenvalue weighted by molar-refractivity contribution is 7.91. The van der Waals surface area contributed by atoms with Crippen LogP contribution in [0, 0.1) is 5.92 Å². The molecule has 2 saturated heterocycles. The molecule has 0 spiro atoms. The molecule has 2 aliphatic carbocycles. The Hall–Kier alpha value is -4.68. The Morgan fingerprint density at radius 1 is 1.05 bits per heavy atom. The van der Waals surface area contributed by atoms with Crippen molar-refractivity contribution in [1.82, 2.24) is 25.2 Å². The van der Waals surface area contributed by atoms with Gasteiger partial charge in [-0.15, -0.1) is 0 Å². The summed E-state index contributed by atoms with van der Waals surface area (Å²) in [5.74, 6) is -0.941. The second-order valence-electron chi connectivity index (χ2n) is 16.2. The highest BCUT2D eigenvalue weighted by Crippen LogP contribution is 2.46. The first-order valence-corrected chi connectivity index (χ1v) is 21.1. The van der Waals surface area contributed by atoms with Gasteiger partial charge >= 0.3 is 6.09 Å². The number of aromatic nitrogens is 1. The first-order chi connectivity index (χ1) is 27.2. The van der Waals surface area contributed by atoms with Crippen LogP contribution in [-0.2, 0) is 38.6 Å². The molecule has 2 unspecified atom stereocenters. The quantitative estimate of drug-likeness (QED) is 0.328. The number of nitrogens with zero attached hydrogens (tertiary/aromatic N) is 3. The van der Waals surface area contributed by atoms with E-state index in [0.717, 1.165) is 5.39 Å². The Labute approximate surface area is 332 Å². The number of anilines is 1. The minimum atomic E-state index is -3.93. The van der Waals surface area contributed by atoms with Crippen LogP contribution in [0.2, 0.25) is 0 Å². The number of methoxy groups -OCH3 is 1. The zero-order chi connectivity index (χ0) is 40.5. The first kappa shape index (κ1) is 40.5. The van der Waals surface area contributed by atoms with Gasteiger partial charge in [-0.2, -0.15) is 4.98 Å². The lowest BCUT2D eigenvalue weighted by Crippen LogP contribution is -2.58. The van der Waals surface area contributed by atoms with E-state index in [-0.39, 0.29) is 39.0 Å². The summed E-state index contributed by atoms with van der Waals surface area (Å²) in [6.07, 6.45) is 3.58. The van der Waals surface area contributed by atoms with Crippen LogP contribution in [0.1, 0.15) is 59.3 Å². The number of alkyl carbamates (subject to hydrolysis) is 1. The predicted molar refractivity (Wildman–Crippen MR) is 207 cm³/mol. The number of fused-ring (bicyclic) bond motifs is 3. The fourth-order valence-electron chi connectivity index (χ4n) is 7.53. The molecule has 17 nitrogen and oxygen atoms in total. The van der Waals surface area contributed by atoms with Gasteiger partial charge in [0.05, 0.1) is 38.7 Å². The Kier molecular flexibility index (Phi) is 11.6. The summed E-state index contributed by atoms with van der Waals surface area (Å²) in [5, 5.41) is 6.42. The third kappa shape index (κ3) is 9.39. The molecule has 4 fully saturated rings. The predicted octanol–water partition coefficient (Wildman–Crippen LogP) is 2.17. The summed E-state index contributed by atoms with van der Waals surface area (Å²) in [5.41, 5.74) is -2.41. The number of ether oxygens (including phenoxy) is 5. The van der Waals surface area contributed by atoms with E-state index in [0.29, 0.717) is 68.4 Å². The molecule has 310 valence electrons. The highest BCUT2D eigenvalue weighted by atomic mass is 32.2. The van der Waals surface area contributed by atoms with Crippen LogP contribution in [0.5, 0.6) is 11.6 Å². The topological polar surface area (TPSA) is 204 Å². The largest absolute Gasteiger partial charge is 0.497 e. The number of pyridine rings is 1. The van der Waals surface area contributed by atoms with E-state index in [1.54, 1.807) is 46.1 Å². The second-order valence-corrected chi connectivity index (χ2v) is 18.2. The van der Waals surface area contributed by atoms with Crippen molar-refractivity contribution in [3.63, 3.8) is 0 Å². The van der Waals surface area contributed by atoms with E-state index in [4.69, 9.17) is 28.7 Å². The van der Waals surface area contributed by atoms with E-state index in [2.05, 4.69) is 20.3 Å². The molecule has 2 aromatic rings. The van der Waals surface area contributed by atoms with Gasteiger partial charge in [0.25, 0.3) is 5.91 Å². The average Bonchev–Trinajstić information content (AvgIpc) is 4.09. The lowest BCUT2D eigenvalue weighted by molar-refractivity contribution is -0.141. The normalized spacial score (nSPS) is 27.3. The summed E-state index contributed by atoms with van der Waals surface area (Å²) in [4.78, 5) is 64.3. The molecule has 2 saturated carbocycles. The summed E-state index contributed by atoms with van der Waals surface area (Å²) < 4.78 is 56.9. The first-order valence-electron chi connectivity index (χ1n) is 19.6. The molecule has 0 radical (unpaired) electrons. The number of sulfonamides is 1. The van der Waals surface area contributed by atoms with E-state index in [1.807, 2.05) is 18.2 Å². The monoisotopic (exact) mass is 812 g/mol. The SMILES string of the molecule is COc1ccc2c(OC3C[C@H]4C(=O)N[C@]5(C(=O)NS(=O)(=O)C6CC6)CC5C=CCOCCC[C@H](NC(=O)OC(C)(C)C)C(=O)N4C3)nc(N3CCOCC3)cc2c1. The van der Waals surface area contributed by atoms with E-state index >= 15 is 0 Å². The molecule has 57 heavy (non-hydrogen) atoms. The number of benzene rings is 1. The maximum Gasteiger partial charge on any atom is 0.408 e. The van der Waals surface area contributed by atoms with E-state index < -0.39 is 74.3 Å². The summed E-state index contributed by atoms with van der Waals surface area (Å²) in [6.45, 7) is 7.86. The smallest absolute Gasteiger partial charge is 0.408 e. The summed E-state index contributed by atoms with van der Waals surface area (Å²) in [6, 6.07) is 5.23. The van der Waals surface area contributed by atoms with Crippen LogP contribution in [0.25, 0.3) is 10.8 Å². The lowest BCUT2D eigenvalue weighted by atomic mass is 10.1. The van der Waals surface area contributed by atoms with E-state index in [9.17, 15) is 27.6 Å². The van der Waals surface area contributed by atoms with Gasteiger partial charge in [-0.05, 0) is 82.5 Å². The molecule has 4 heterocycles. The van der Waals surface area contributed by atoms with Crippen LogP contribution in [0.15, 0.2) is 36.4 Å². The molecule has 0 bridgehead atoms. The number of hydrogen-bond acceptors (Lipinski definition) is 13. The Balaban J connectivity index is 1.21. The van der Waals surface area contributed by atoms with Crippen molar-refractivity contribution in [1.29, 1.82) is 0 Å². The lowest BCUT2D eigenvalue weighted by Gasteiger charge is -2.30. The van der Waals surface area contributed by atoms with Gasteiger partial charge in [0.1, 0.15) is 40.9 Å². The molecule has 3 aliphatic heterocycles. The zero-order valence-corrected chi connectivity index (χ0v) is 33.6. The molecule has 1 aromatic heterocycles. The van der Waals surface area contributed by atoms with Gasteiger partial charge in [0.2, 0.25) is 27.7 Å². The number of carbonyl (C=O) groups is 4. The molecule has 5 aliphatic rings. The molecular weight excluding hydrogens is 761 g/mol. The fraction of sp³-hybridized carbons (Fsp3) is 0.615. The molecule has 5 atom stereocenters. The standard InChI is InChI=1S/C39H52N6O11S/c1-38(2,3)56-37(49)40-30-8-6-16-53-15-5-7-25-22-39(25,36(48)43-57(50,51)28-10-11-28)42-33(46)31-21-27(23-45(31)35(30)47)55-34-29-12-9-26(52-4)19-24(29)20-32(41-34)44-13-17-54-18-14-44/h5,7,9,12,19-20,25,27-28,30-31H,6,8,10-11,13-18,21-23H2,1-4H3,(H,40,49)(H,42,46)(H,43,48)/t25?,27?,30-,31-,39+/m0/s1. The molecule has 18 heteroatoms. The third-order valence-corrected chi connectivity index (χ3v) is 12.6. The number of carbonyl (C=O) groups excluding carboxylic acids is 4. The van der Waals surface area contributed by atoms with Crippen molar-refractivity contribution in [2.24, 2.45) is 5.92 Å². The third-order valence-electron chi connectivity index (χ3n) is 10.8. The summed E-state index contributed by atoms with van der Waals surface area (Å²) in [7, 11) is -2.34. The molecule has 3 N–H and O–H groups in total. The minimum Gasteiger partial charge on any atom is -0.497 e. The van der Waals surface area contributed by atoms with Crippen molar-refractivity contribution in [2.45, 2.75) is 93.9 Å². The Bertz CT molecular complexity index is 2010. The zero-order valence-electron chi connectivity index (χ0n) is 32.8. The highest BCUT2D eigenvalue weighted by Gasteiger charge is 2.62. The number of hydrogen-bond donors (Lipinski definition) is 3. The van der Waals surface area contributed by atoms with Crippen LogP contribution in [0.3, 0.4) is 0 Å². The van der Waals surface area contributed by atoms with Crippen LogP contribution in [-0.4, -0.2) is 130 Å². The van der Waals surface area contributed by atoms with Crippen molar-refractivity contribution >= 4 is 50.4 Å². The summed E-state index contributed by atoms with van der Waals surface area (Å²) >= 11 is 0. The molecule has 4 amide bonds. The second kappa shape index (κ2) is 16.3. The Morgan fingerprint density at radius 2 is 1.82 bits per heavy atom. The van der Waals surface area contributed by atoms with Gasteiger partial charge in [-0.3, -0.25) is 19.1 Å². The van der Waals surface area contributed by atoms with Crippen LogP contribution in [0.4, 0.5) is 10.6 Å². The van der Waals surface area contributed by atoms with Gasteiger partial charge in [-0.1, -0.05) is 12.2 Å². The van der Waals surface area contributed by atoms with Gasteiger partial charge < -0.3 is 44.1 Å². The van der Waals surface area contributed by atoms with Gasteiger partial charge in [0, 0.05) is 37.4 Å². The van der Waals surface area contributed by atoms with E-state index in [1.165, 1.54) is 4.90 Å². The van der Waals surface area contributed by atoms with Crippen LogP contribution < -0.4 is 29.7 Å². The number of rotatable bonds is 8. The van der Waals surface area contributed by atoms with Crippen molar-refractivity contribution < 1.29 is 51.3 Å². The number of amides is 4.